The number of rotatable bonds is 5. The van der Waals surface area contributed by atoms with Crippen LogP contribution in [0.2, 0.25) is 0 Å². The van der Waals surface area contributed by atoms with Crippen LogP contribution in [0.1, 0.15) is 49.7 Å². The Morgan fingerprint density at radius 3 is 3.07 bits per heavy atom. The van der Waals surface area contributed by atoms with E-state index in [-0.39, 0.29) is 0 Å². The van der Waals surface area contributed by atoms with Crippen LogP contribution in [0.4, 0.5) is 0 Å². The molecule has 0 aromatic carbocycles. The third-order valence-electron chi connectivity index (χ3n) is 2.74. The Balaban J connectivity index is 1.83. The van der Waals surface area contributed by atoms with Crippen molar-refractivity contribution in [2.45, 2.75) is 51.6 Å². The van der Waals surface area contributed by atoms with Crippen molar-refractivity contribution in [2.75, 3.05) is 0 Å². The van der Waals surface area contributed by atoms with Crippen LogP contribution in [0, 0.1) is 0 Å². The zero-order valence-electron chi connectivity index (χ0n) is 8.92. The molecule has 0 radical (unpaired) electrons. The Hall–Kier alpha value is -0.410. The van der Waals surface area contributed by atoms with E-state index in [4.69, 9.17) is 0 Å². The van der Waals surface area contributed by atoms with E-state index in [9.17, 15) is 0 Å². The lowest BCUT2D eigenvalue weighted by Crippen LogP contribution is -2.24. The molecule has 0 aliphatic heterocycles. The lowest BCUT2D eigenvalue weighted by atomic mass is 10.2. The molecule has 1 N–H and O–H groups in total. The van der Waals surface area contributed by atoms with Crippen molar-refractivity contribution in [1.82, 2.24) is 10.3 Å². The minimum Gasteiger partial charge on any atom is -0.309 e. The fourth-order valence-electron chi connectivity index (χ4n) is 1.34. The van der Waals surface area contributed by atoms with Crippen LogP contribution in [0.15, 0.2) is 5.38 Å². The summed E-state index contributed by atoms with van der Waals surface area (Å²) in [6, 6.07) is 0.598. The number of aromatic nitrogens is 1. The fraction of sp³-hybridized carbons (Fsp3) is 0.727. The van der Waals surface area contributed by atoms with Crippen LogP contribution >= 0.6 is 11.3 Å². The highest BCUT2D eigenvalue weighted by molar-refractivity contribution is 7.09. The van der Waals surface area contributed by atoms with Gasteiger partial charge < -0.3 is 5.32 Å². The Morgan fingerprint density at radius 1 is 1.64 bits per heavy atom. The van der Waals surface area contributed by atoms with E-state index in [0.717, 1.165) is 12.5 Å². The summed E-state index contributed by atoms with van der Waals surface area (Å²) in [5, 5.41) is 7.02. The molecule has 3 heteroatoms. The van der Waals surface area contributed by atoms with E-state index in [2.05, 4.69) is 29.5 Å². The first kappa shape index (κ1) is 10.1. The second-order valence-corrected chi connectivity index (χ2v) is 5.03. The van der Waals surface area contributed by atoms with E-state index in [1.54, 1.807) is 0 Å². The minimum atomic E-state index is 0.598. The van der Waals surface area contributed by atoms with Crippen LogP contribution in [-0.4, -0.2) is 11.0 Å². The standard InChI is InChI=1S/C11H18N2S/c1-3-8(2)12-6-10-7-14-11(13-10)9-4-5-9/h7-9,12H,3-6H2,1-2H3. The predicted octanol–water partition coefficient (Wildman–Crippen LogP) is 2.91. The lowest BCUT2D eigenvalue weighted by Gasteiger charge is -2.08. The quantitative estimate of drug-likeness (QED) is 0.808. The molecule has 0 spiro atoms. The lowest BCUT2D eigenvalue weighted by molar-refractivity contribution is 0.529. The highest BCUT2D eigenvalue weighted by Gasteiger charge is 2.26. The van der Waals surface area contributed by atoms with Crippen LogP contribution in [0.3, 0.4) is 0 Å². The van der Waals surface area contributed by atoms with Crippen molar-refractivity contribution < 1.29 is 0 Å². The van der Waals surface area contributed by atoms with Gasteiger partial charge >= 0.3 is 0 Å². The molecule has 2 rings (SSSR count). The van der Waals surface area contributed by atoms with Crippen molar-refractivity contribution in [2.24, 2.45) is 0 Å². The molecule has 1 heterocycles. The molecule has 0 bridgehead atoms. The van der Waals surface area contributed by atoms with E-state index in [1.807, 2.05) is 11.3 Å². The van der Waals surface area contributed by atoms with Gasteiger partial charge in [0.2, 0.25) is 0 Å². The third kappa shape index (κ3) is 2.55. The molecule has 1 aromatic rings. The van der Waals surface area contributed by atoms with Crippen LogP contribution < -0.4 is 5.32 Å². The van der Waals surface area contributed by atoms with E-state index >= 15 is 0 Å². The molecule has 1 aromatic heterocycles. The molecule has 1 unspecified atom stereocenters. The summed E-state index contributed by atoms with van der Waals surface area (Å²) in [4.78, 5) is 4.63. The molecule has 1 atom stereocenters. The Labute approximate surface area is 89.8 Å². The molecule has 14 heavy (non-hydrogen) atoms. The third-order valence-corrected chi connectivity index (χ3v) is 3.80. The molecule has 2 nitrogen and oxygen atoms in total. The second-order valence-electron chi connectivity index (χ2n) is 4.14. The summed E-state index contributed by atoms with van der Waals surface area (Å²) in [7, 11) is 0. The zero-order chi connectivity index (χ0) is 9.97. The largest absolute Gasteiger partial charge is 0.309 e. The second kappa shape index (κ2) is 4.41. The topological polar surface area (TPSA) is 24.9 Å². The van der Waals surface area contributed by atoms with Gasteiger partial charge in [0, 0.05) is 23.9 Å². The maximum Gasteiger partial charge on any atom is 0.0959 e. The molecule has 1 fully saturated rings. The number of hydrogen-bond donors (Lipinski definition) is 1. The number of thiazole rings is 1. The van der Waals surface area contributed by atoms with E-state index < -0.39 is 0 Å². The molecule has 0 saturated heterocycles. The average Bonchev–Trinajstić information content (AvgIpc) is 2.95. The summed E-state index contributed by atoms with van der Waals surface area (Å²) < 4.78 is 0. The monoisotopic (exact) mass is 210 g/mol. The first-order valence-electron chi connectivity index (χ1n) is 5.47. The van der Waals surface area contributed by atoms with E-state index in [0.29, 0.717) is 6.04 Å². The molecule has 0 amide bonds. The summed E-state index contributed by atoms with van der Waals surface area (Å²) in [6.07, 6.45) is 3.89. The van der Waals surface area contributed by atoms with Crippen LogP contribution in [0.25, 0.3) is 0 Å². The Bertz CT molecular complexity index is 291. The van der Waals surface area contributed by atoms with Crippen molar-refractivity contribution in [3.05, 3.63) is 16.1 Å². The Kier molecular flexibility index (Phi) is 3.19. The van der Waals surface area contributed by atoms with Gasteiger partial charge in [0.05, 0.1) is 10.7 Å². The number of hydrogen-bond acceptors (Lipinski definition) is 3. The molecule has 1 saturated carbocycles. The molecule has 1 aliphatic rings. The molecule has 1 aliphatic carbocycles. The Morgan fingerprint density at radius 2 is 2.43 bits per heavy atom. The summed E-state index contributed by atoms with van der Waals surface area (Å²) >= 11 is 1.83. The summed E-state index contributed by atoms with van der Waals surface area (Å²) in [5.74, 6) is 0.803. The minimum absolute atomic E-state index is 0.598. The first-order chi connectivity index (χ1) is 6.79. The van der Waals surface area contributed by atoms with Gasteiger partial charge in [0.1, 0.15) is 0 Å². The molecular weight excluding hydrogens is 192 g/mol. The SMILES string of the molecule is CCC(C)NCc1csc(C2CC2)n1. The molecule has 78 valence electrons. The van der Waals surface area contributed by atoms with Gasteiger partial charge in [0.25, 0.3) is 0 Å². The number of nitrogens with one attached hydrogen (secondary N) is 1. The van der Waals surface area contributed by atoms with Crippen molar-refractivity contribution >= 4 is 11.3 Å². The predicted molar refractivity (Wildman–Crippen MR) is 60.7 cm³/mol. The van der Waals surface area contributed by atoms with Gasteiger partial charge in [-0.15, -0.1) is 11.3 Å². The smallest absolute Gasteiger partial charge is 0.0959 e. The summed E-state index contributed by atoms with van der Waals surface area (Å²) in [6.45, 7) is 5.35. The van der Waals surface area contributed by atoms with Crippen LogP contribution in [-0.2, 0) is 6.54 Å². The van der Waals surface area contributed by atoms with Gasteiger partial charge in [-0.05, 0) is 26.2 Å². The zero-order valence-corrected chi connectivity index (χ0v) is 9.73. The first-order valence-corrected chi connectivity index (χ1v) is 6.35. The van der Waals surface area contributed by atoms with Gasteiger partial charge in [0.15, 0.2) is 0 Å². The normalized spacial score (nSPS) is 18.4. The van der Waals surface area contributed by atoms with Gasteiger partial charge in [-0.1, -0.05) is 6.92 Å². The number of nitrogens with zero attached hydrogens (tertiary/aromatic N) is 1. The summed E-state index contributed by atoms with van der Waals surface area (Å²) in [5.41, 5.74) is 1.22. The fourth-order valence-corrected chi connectivity index (χ4v) is 2.34. The highest BCUT2D eigenvalue weighted by atomic mass is 32.1. The van der Waals surface area contributed by atoms with Gasteiger partial charge in [-0.25, -0.2) is 4.98 Å². The maximum absolute atomic E-state index is 4.63. The van der Waals surface area contributed by atoms with Gasteiger partial charge in [-0.3, -0.25) is 0 Å². The van der Waals surface area contributed by atoms with E-state index in [1.165, 1.54) is 30.0 Å². The van der Waals surface area contributed by atoms with Crippen LogP contribution in [0.5, 0.6) is 0 Å². The maximum atomic E-state index is 4.63. The van der Waals surface area contributed by atoms with Crippen molar-refractivity contribution in [1.29, 1.82) is 0 Å². The van der Waals surface area contributed by atoms with Crippen molar-refractivity contribution in [3.63, 3.8) is 0 Å². The van der Waals surface area contributed by atoms with Gasteiger partial charge in [-0.2, -0.15) is 0 Å². The average molecular weight is 210 g/mol. The van der Waals surface area contributed by atoms with Crippen molar-refractivity contribution in [3.8, 4) is 0 Å². The molecular formula is C11H18N2S. The highest BCUT2D eigenvalue weighted by Crippen LogP contribution is 2.41.